The smallest absolute Gasteiger partial charge is 0.255 e. The molecule has 0 radical (unpaired) electrons. The SMILES string of the molecule is C#Cc1ccc(N2CC(=O)N(Cc3ccc(Cl)cc3)C3(CCN(C=O)C3)C2=O)c(F)c1. The van der Waals surface area contributed by atoms with Gasteiger partial charge in [0.05, 0.1) is 12.2 Å². The Balaban J connectivity index is 1.73. The van der Waals surface area contributed by atoms with Gasteiger partial charge in [0.25, 0.3) is 5.91 Å². The van der Waals surface area contributed by atoms with Gasteiger partial charge in [-0.1, -0.05) is 29.7 Å². The third kappa shape index (κ3) is 3.64. The van der Waals surface area contributed by atoms with Crippen molar-refractivity contribution < 1.29 is 18.8 Å². The van der Waals surface area contributed by atoms with Crippen molar-refractivity contribution in [3.05, 3.63) is 64.4 Å². The second-order valence-electron chi connectivity index (χ2n) is 7.67. The minimum Gasteiger partial charge on any atom is -0.342 e. The minimum absolute atomic E-state index is 0.00702. The van der Waals surface area contributed by atoms with Crippen molar-refractivity contribution in [2.24, 2.45) is 0 Å². The minimum atomic E-state index is -1.27. The Bertz CT molecular complexity index is 1100. The average molecular weight is 440 g/mol. The number of benzene rings is 2. The van der Waals surface area contributed by atoms with E-state index in [0.29, 0.717) is 23.5 Å². The maximum atomic E-state index is 14.7. The normalized spacial score (nSPS) is 21.0. The summed E-state index contributed by atoms with van der Waals surface area (Å²) < 4.78 is 14.7. The number of terminal acetylenes is 1. The van der Waals surface area contributed by atoms with Crippen LogP contribution >= 0.6 is 11.6 Å². The van der Waals surface area contributed by atoms with Crippen LogP contribution in [-0.2, 0) is 20.9 Å². The number of anilines is 1. The van der Waals surface area contributed by atoms with Crippen molar-refractivity contribution in [1.82, 2.24) is 9.80 Å². The fraction of sp³-hybridized carbons (Fsp3) is 0.261. The van der Waals surface area contributed by atoms with E-state index < -0.39 is 17.3 Å². The third-order valence-corrected chi connectivity index (χ3v) is 6.09. The van der Waals surface area contributed by atoms with Crippen molar-refractivity contribution in [2.45, 2.75) is 18.5 Å². The molecule has 2 aromatic rings. The van der Waals surface area contributed by atoms with Crippen molar-refractivity contribution >= 4 is 35.5 Å². The lowest BCUT2D eigenvalue weighted by molar-refractivity contribution is -0.151. The molecule has 0 bridgehead atoms. The first kappa shape index (κ1) is 20.9. The number of nitrogens with zero attached hydrogens (tertiary/aromatic N) is 3. The summed E-state index contributed by atoms with van der Waals surface area (Å²) in [6, 6.07) is 11.1. The zero-order valence-electron chi connectivity index (χ0n) is 16.6. The monoisotopic (exact) mass is 439 g/mol. The van der Waals surface area contributed by atoms with Gasteiger partial charge in [-0.2, -0.15) is 0 Å². The van der Waals surface area contributed by atoms with E-state index >= 15 is 0 Å². The van der Waals surface area contributed by atoms with Crippen LogP contribution in [0.25, 0.3) is 0 Å². The molecule has 8 heteroatoms. The van der Waals surface area contributed by atoms with Crippen LogP contribution in [0.1, 0.15) is 17.5 Å². The lowest BCUT2D eigenvalue weighted by Crippen LogP contribution is -2.69. The van der Waals surface area contributed by atoms with Crippen molar-refractivity contribution in [2.75, 3.05) is 24.5 Å². The third-order valence-electron chi connectivity index (χ3n) is 5.84. The highest BCUT2D eigenvalue weighted by atomic mass is 35.5. The molecular weight excluding hydrogens is 421 g/mol. The Morgan fingerprint density at radius 2 is 1.94 bits per heavy atom. The van der Waals surface area contributed by atoms with Gasteiger partial charge in [0.1, 0.15) is 17.9 Å². The topological polar surface area (TPSA) is 60.9 Å². The number of carbonyl (C=O) groups is 3. The number of piperazine rings is 1. The summed E-state index contributed by atoms with van der Waals surface area (Å²) in [6.07, 6.45) is 6.25. The fourth-order valence-electron chi connectivity index (χ4n) is 4.23. The molecule has 158 valence electrons. The van der Waals surface area contributed by atoms with Crippen molar-refractivity contribution in [3.63, 3.8) is 0 Å². The Morgan fingerprint density at radius 3 is 2.55 bits per heavy atom. The van der Waals surface area contributed by atoms with Gasteiger partial charge in [-0.25, -0.2) is 4.39 Å². The molecule has 31 heavy (non-hydrogen) atoms. The zero-order chi connectivity index (χ0) is 22.2. The van der Waals surface area contributed by atoms with Gasteiger partial charge < -0.3 is 9.80 Å². The molecule has 2 fully saturated rings. The predicted molar refractivity (Wildman–Crippen MR) is 114 cm³/mol. The quantitative estimate of drug-likeness (QED) is 0.543. The van der Waals surface area contributed by atoms with Crippen LogP contribution in [0, 0.1) is 18.2 Å². The van der Waals surface area contributed by atoms with E-state index in [0.717, 1.165) is 16.5 Å². The molecule has 6 nitrogen and oxygen atoms in total. The van der Waals surface area contributed by atoms with Crippen molar-refractivity contribution in [1.29, 1.82) is 0 Å². The number of hydrogen-bond donors (Lipinski definition) is 0. The van der Waals surface area contributed by atoms with Gasteiger partial charge in [0.15, 0.2) is 0 Å². The lowest BCUT2D eigenvalue weighted by atomic mass is 9.90. The van der Waals surface area contributed by atoms with Gasteiger partial charge in [-0.05, 0) is 42.3 Å². The van der Waals surface area contributed by atoms with E-state index in [2.05, 4.69) is 5.92 Å². The number of amides is 3. The highest BCUT2D eigenvalue weighted by molar-refractivity contribution is 6.30. The summed E-state index contributed by atoms with van der Waals surface area (Å²) in [4.78, 5) is 42.4. The van der Waals surface area contributed by atoms with Crippen molar-refractivity contribution in [3.8, 4) is 12.3 Å². The molecule has 2 aliphatic rings. The van der Waals surface area contributed by atoms with E-state index in [1.165, 1.54) is 21.9 Å². The van der Waals surface area contributed by atoms with Crippen LogP contribution in [0.4, 0.5) is 10.1 Å². The van der Waals surface area contributed by atoms with Gasteiger partial charge in [-0.15, -0.1) is 6.42 Å². The molecule has 2 aliphatic heterocycles. The molecular formula is C23H19ClFN3O3. The maximum absolute atomic E-state index is 14.7. The number of carbonyl (C=O) groups excluding carboxylic acids is 3. The first-order valence-electron chi connectivity index (χ1n) is 9.70. The second kappa shape index (κ2) is 8.05. The molecule has 0 aromatic heterocycles. The number of rotatable bonds is 4. The summed E-state index contributed by atoms with van der Waals surface area (Å²) >= 11 is 5.95. The van der Waals surface area contributed by atoms with Crippen LogP contribution in [0.3, 0.4) is 0 Å². The Labute approximate surface area is 184 Å². The lowest BCUT2D eigenvalue weighted by Gasteiger charge is -2.47. The van der Waals surface area contributed by atoms with Crippen LogP contribution in [0.15, 0.2) is 42.5 Å². The number of halogens is 2. The summed E-state index contributed by atoms with van der Waals surface area (Å²) in [5.74, 6) is 0.917. The first-order valence-corrected chi connectivity index (χ1v) is 10.1. The van der Waals surface area contributed by atoms with E-state index in [1.807, 2.05) is 0 Å². The van der Waals surface area contributed by atoms with Gasteiger partial charge in [0.2, 0.25) is 12.3 Å². The van der Waals surface area contributed by atoms with Gasteiger partial charge >= 0.3 is 0 Å². The number of hydrogen-bond acceptors (Lipinski definition) is 3. The van der Waals surface area contributed by atoms with Crippen LogP contribution < -0.4 is 4.90 Å². The Morgan fingerprint density at radius 1 is 1.19 bits per heavy atom. The molecule has 0 saturated carbocycles. The van der Waals surface area contributed by atoms with Gasteiger partial charge in [-0.3, -0.25) is 19.3 Å². The maximum Gasteiger partial charge on any atom is 0.255 e. The first-order chi connectivity index (χ1) is 14.9. The fourth-order valence-corrected chi connectivity index (χ4v) is 4.35. The van der Waals surface area contributed by atoms with Crippen LogP contribution in [-0.4, -0.2) is 53.2 Å². The van der Waals surface area contributed by atoms with E-state index in [1.54, 1.807) is 24.3 Å². The average Bonchev–Trinajstić information content (AvgIpc) is 3.21. The molecule has 1 atom stereocenters. The summed E-state index contributed by atoms with van der Waals surface area (Å²) in [5.41, 5.74) is -0.142. The standard InChI is InChI=1S/C23H19ClFN3O3/c1-2-16-5-8-20(19(25)11-16)27-13-21(30)28(12-17-3-6-18(24)7-4-17)23(22(27)31)9-10-26(14-23)15-29/h1,3-8,11,15H,9-10,12-14H2. The summed E-state index contributed by atoms with van der Waals surface area (Å²) in [6.45, 7) is 0.254. The highest BCUT2D eigenvalue weighted by Gasteiger charge is 2.56. The van der Waals surface area contributed by atoms with Crippen LogP contribution in [0.5, 0.6) is 0 Å². The molecule has 1 spiro atoms. The molecule has 0 aliphatic carbocycles. The molecule has 0 N–H and O–H groups in total. The predicted octanol–water partition coefficient (Wildman–Crippen LogP) is 2.44. The zero-order valence-corrected chi connectivity index (χ0v) is 17.3. The van der Waals surface area contributed by atoms with E-state index in [4.69, 9.17) is 18.0 Å². The second-order valence-corrected chi connectivity index (χ2v) is 8.10. The molecule has 1 unspecified atom stereocenters. The number of likely N-dealkylation sites (tertiary alicyclic amines) is 1. The molecule has 4 rings (SSSR count). The van der Waals surface area contributed by atoms with Gasteiger partial charge in [0, 0.05) is 23.7 Å². The molecule has 3 amide bonds. The van der Waals surface area contributed by atoms with Crippen LogP contribution in [0.2, 0.25) is 5.02 Å². The molecule has 2 heterocycles. The highest BCUT2D eigenvalue weighted by Crippen LogP contribution is 2.37. The Hall–Kier alpha value is -3.37. The summed E-state index contributed by atoms with van der Waals surface area (Å²) in [5, 5.41) is 0.560. The van der Waals surface area contributed by atoms with E-state index in [9.17, 15) is 18.8 Å². The summed E-state index contributed by atoms with van der Waals surface area (Å²) in [7, 11) is 0. The largest absolute Gasteiger partial charge is 0.342 e. The van der Waals surface area contributed by atoms with E-state index in [-0.39, 0.29) is 37.6 Å². The Kier molecular flexibility index (Phi) is 5.42. The molecule has 2 aromatic carbocycles. The molecule has 2 saturated heterocycles.